The molecule has 5 nitrogen and oxygen atoms in total. The lowest BCUT2D eigenvalue weighted by Gasteiger charge is -2.00. The van der Waals surface area contributed by atoms with Crippen LogP contribution in [0.1, 0.15) is 16.6 Å². The van der Waals surface area contributed by atoms with E-state index in [2.05, 4.69) is 0 Å². The fourth-order valence-electron chi connectivity index (χ4n) is 1.26. The highest BCUT2D eigenvalue weighted by molar-refractivity contribution is 6.22. The molecule has 0 unspecified atom stereocenters. The summed E-state index contributed by atoms with van der Waals surface area (Å²) >= 11 is 0. The molecule has 0 aliphatic carbocycles. The number of hydrogen-bond donors (Lipinski definition) is 0. The first-order chi connectivity index (χ1) is 7.66. The van der Waals surface area contributed by atoms with Gasteiger partial charge in [-0.05, 0) is 19.1 Å². The zero-order valence-corrected chi connectivity index (χ0v) is 9.47. The minimum absolute atomic E-state index is 0.0587. The second-order valence-corrected chi connectivity index (χ2v) is 3.79. The van der Waals surface area contributed by atoms with Crippen LogP contribution in [0.25, 0.3) is 0 Å². The molecule has 0 amide bonds. The van der Waals surface area contributed by atoms with Gasteiger partial charge in [0.05, 0.1) is 22.3 Å². The SMILES string of the molecule is CC1=CC(c2ccc([N+](=O)[O-])cc2)=[O+][Si]O1. The van der Waals surface area contributed by atoms with Gasteiger partial charge in [0.2, 0.25) is 0 Å². The fourth-order valence-corrected chi connectivity index (χ4v) is 1.76. The van der Waals surface area contributed by atoms with E-state index < -0.39 is 4.92 Å². The molecule has 0 fully saturated rings. The first-order valence-corrected chi connectivity index (χ1v) is 5.37. The predicted molar refractivity (Wildman–Crippen MR) is 58.0 cm³/mol. The molecular weight excluding hydrogens is 226 g/mol. The molecule has 0 saturated carbocycles. The second-order valence-electron chi connectivity index (χ2n) is 3.21. The highest BCUT2D eigenvalue weighted by atomic mass is 28.2. The van der Waals surface area contributed by atoms with Crippen molar-refractivity contribution in [3.8, 4) is 0 Å². The maximum absolute atomic E-state index is 10.5. The Labute approximate surface area is 94.3 Å². The van der Waals surface area contributed by atoms with Crippen molar-refractivity contribution in [1.29, 1.82) is 0 Å². The number of hydrogen-bond acceptors (Lipinski definition) is 3. The van der Waals surface area contributed by atoms with Crippen LogP contribution in [-0.4, -0.2) is 20.7 Å². The van der Waals surface area contributed by atoms with E-state index in [0.29, 0.717) is 5.78 Å². The van der Waals surface area contributed by atoms with Crippen molar-refractivity contribution >= 4 is 21.5 Å². The molecular formula is C10H8NO4Si+. The highest BCUT2D eigenvalue weighted by Crippen LogP contribution is 2.15. The lowest BCUT2D eigenvalue weighted by atomic mass is 10.1. The summed E-state index contributed by atoms with van der Waals surface area (Å²) in [4.78, 5) is 10.0. The quantitative estimate of drug-likeness (QED) is 0.339. The molecule has 0 N–H and O–H groups in total. The lowest BCUT2D eigenvalue weighted by molar-refractivity contribution is -0.384. The standard InChI is InChI=1S/C10H8NO4Si/c1-7-6-10(15-16-14-7)8-2-4-9(5-3-8)11(12)13/h2-6H,1H3/q+1. The maximum Gasteiger partial charge on any atom is 1.02 e. The minimum atomic E-state index is -0.428. The summed E-state index contributed by atoms with van der Waals surface area (Å²) in [6.45, 7) is 1.83. The van der Waals surface area contributed by atoms with Crippen LogP contribution in [0.2, 0.25) is 0 Å². The predicted octanol–water partition coefficient (Wildman–Crippen LogP) is 1.78. The van der Waals surface area contributed by atoms with Crippen molar-refractivity contribution in [3.05, 3.63) is 51.8 Å². The van der Waals surface area contributed by atoms with Crippen molar-refractivity contribution < 1.29 is 13.5 Å². The maximum atomic E-state index is 10.5. The van der Waals surface area contributed by atoms with Gasteiger partial charge in [-0.1, -0.05) is 0 Å². The van der Waals surface area contributed by atoms with Gasteiger partial charge >= 0.3 is 15.8 Å². The van der Waals surface area contributed by atoms with Gasteiger partial charge in [0.1, 0.15) is 0 Å². The van der Waals surface area contributed by atoms with E-state index >= 15 is 0 Å². The van der Waals surface area contributed by atoms with E-state index in [1.165, 1.54) is 12.1 Å². The number of carbonyl (C=O) groups excluding carboxylic acids is 1. The van der Waals surface area contributed by atoms with Gasteiger partial charge in [-0.15, -0.1) is 0 Å². The summed E-state index contributed by atoms with van der Waals surface area (Å²) in [6.07, 6.45) is 1.76. The normalized spacial score (nSPS) is 14.8. The Kier molecular flexibility index (Phi) is 2.82. The molecule has 0 aromatic heterocycles. The first kappa shape index (κ1) is 10.6. The molecule has 1 heterocycles. The topological polar surface area (TPSA) is 63.7 Å². The zero-order chi connectivity index (χ0) is 11.5. The molecule has 0 spiro atoms. The summed E-state index contributed by atoms with van der Waals surface area (Å²) in [6, 6.07) is 6.22. The number of benzene rings is 1. The Morgan fingerprint density at radius 3 is 2.62 bits per heavy atom. The fraction of sp³-hybridized carbons (Fsp3) is 0.100. The third kappa shape index (κ3) is 2.17. The Balaban J connectivity index is 2.29. The van der Waals surface area contributed by atoms with Crippen molar-refractivity contribution in [2.45, 2.75) is 6.92 Å². The van der Waals surface area contributed by atoms with Crippen LogP contribution in [0.5, 0.6) is 0 Å². The van der Waals surface area contributed by atoms with Gasteiger partial charge < -0.3 is 8.54 Å². The van der Waals surface area contributed by atoms with Crippen molar-refractivity contribution in [2.75, 3.05) is 0 Å². The van der Waals surface area contributed by atoms with Gasteiger partial charge in [-0.3, -0.25) is 10.1 Å². The number of nitro groups is 1. The van der Waals surface area contributed by atoms with E-state index in [0.717, 1.165) is 11.3 Å². The average molecular weight is 234 g/mol. The molecule has 1 aliphatic rings. The summed E-state index contributed by atoms with van der Waals surface area (Å²) in [7, 11) is -0.0587. The third-order valence-electron chi connectivity index (χ3n) is 2.05. The van der Waals surface area contributed by atoms with Gasteiger partial charge in [-0.25, -0.2) is 0 Å². The molecule has 16 heavy (non-hydrogen) atoms. The van der Waals surface area contributed by atoms with Crippen molar-refractivity contribution in [3.63, 3.8) is 0 Å². The van der Waals surface area contributed by atoms with Crippen LogP contribution in [0, 0.1) is 10.1 Å². The van der Waals surface area contributed by atoms with E-state index in [1.807, 2.05) is 6.92 Å². The molecule has 0 saturated heterocycles. The van der Waals surface area contributed by atoms with Crippen LogP contribution in [0.15, 0.2) is 36.1 Å². The van der Waals surface area contributed by atoms with Gasteiger partial charge in [-0.2, -0.15) is 0 Å². The van der Waals surface area contributed by atoms with Crippen LogP contribution in [0.3, 0.4) is 0 Å². The average Bonchev–Trinajstić information content (AvgIpc) is 2.29. The van der Waals surface area contributed by atoms with Crippen LogP contribution < -0.4 is 0 Å². The van der Waals surface area contributed by atoms with Gasteiger partial charge in [0.25, 0.3) is 5.69 Å². The molecule has 0 bridgehead atoms. The zero-order valence-electron chi connectivity index (χ0n) is 8.47. The minimum Gasteiger partial charge on any atom is -0.464 e. The molecule has 80 valence electrons. The highest BCUT2D eigenvalue weighted by Gasteiger charge is 2.25. The molecule has 6 heteroatoms. The van der Waals surface area contributed by atoms with Crippen LogP contribution in [0.4, 0.5) is 5.69 Å². The lowest BCUT2D eigenvalue weighted by Crippen LogP contribution is -2.10. The van der Waals surface area contributed by atoms with Crippen molar-refractivity contribution in [2.24, 2.45) is 0 Å². The number of allylic oxidation sites excluding steroid dienone is 2. The molecule has 2 radical (unpaired) electrons. The van der Waals surface area contributed by atoms with Crippen LogP contribution in [-0.2, 0) is 4.43 Å². The third-order valence-corrected chi connectivity index (χ3v) is 2.76. The Morgan fingerprint density at radius 2 is 2.06 bits per heavy atom. The molecule has 1 aromatic rings. The molecule has 1 aliphatic heterocycles. The number of ketones is 1. The van der Waals surface area contributed by atoms with Crippen molar-refractivity contribution in [1.82, 2.24) is 0 Å². The summed E-state index contributed by atoms with van der Waals surface area (Å²) in [5, 5.41) is 10.5. The number of nitrogens with zero attached hydrogens (tertiary/aromatic N) is 1. The smallest absolute Gasteiger partial charge is 0.464 e. The van der Waals surface area contributed by atoms with E-state index in [-0.39, 0.29) is 15.7 Å². The van der Waals surface area contributed by atoms with Gasteiger partial charge in [0.15, 0.2) is 0 Å². The monoisotopic (exact) mass is 234 g/mol. The molecule has 1 aromatic carbocycles. The van der Waals surface area contributed by atoms with Crippen LogP contribution >= 0.6 is 0 Å². The first-order valence-electron chi connectivity index (χ1n) is 4.55. The summed E-state index contributed by atoms with van der Waals surface area (Å²) in [5.41, 5.74) is 0.875. The molecule has 2 rings (SSSR count). The number of rotatable bonds is 2. The summed E-state index contributed by atoms with van der Waals surface area (Å²) < 4.78 is 10.4. The van der Waals surface area contributed by atoms with E-state index in [1.54, 1.807) is 18.2 Å². The summed E-state index contributed by atoms with van der Waals surface area (Å²) in [5.74, 6) is 1.45. The number of nitro benzene ring substituents is 1. The Morgan fingerprint density at radius 1 is 1.38 bits per heavy atom. The molecule has 0 atom stereocenters. The largest absolute Gasteiger partial charge is 1.02 e. The number of non-ortho nitro benzene ring substituents is 1. The van der Waals surface area contributed by atoms with Gasteiger partial charge in [0, 0.05) is 12.1 Å². The second kappa shape index (κ2) is 4.27. The Hall–Kier alpha value is -1.95. The van der Waals surface area contributed by atoms with E-state index in [4.69, 9.17) is 8.54 Å². The van der Waals surface area contributed by atoms with E-state index in [9.17, 15) is 10.1 Å². The Bertz CT molecular complexity index is 478.